The lowest BCUT2D eigenvalue weighted by atomic mass is 10.1. The number of hydrogen-bond acceptors (Lipinski definition) is 2. The van der Waals surface area contributed by atoms with Gasteiger partial charge in [-0.15, -0.1) is 0 Å². The molecule has 15 heavy (non-hydrogen) atoms. The van der Waals surface area contributed by atoms with E-state index in [-0.39, 0.29) is 0 Å². The Morgan fingerprint density at radius 3 is 2.73 bits per heavy atom. The number of benzene rings is 1. The fraction of sp³-hybridized carbons (Fsp3) is 0.417. The van der Waals surface area contributed by atoms with Crippen LogP contribution < -0.4 is 0 Å². The molecule has 0 aliphatic carbocycles. The summed E-state index contributed by atoms with van der Waals surface area (Å²) in [6.45, 7) is 6.21. The van der Waals surface area contributed by atoms with Gasteiger partial charge in [-0.1, -0.05) is 30.7 Å². The molecule has 0 saturated carbocycles. The molecule has 80 valence electrons. The van der Waals surface area contributed by atoms with E-state index in [2.05, 4.69) is 24.0 Å². The van der Waals surface area contributed by atoms with Crippen LogP contribution in [0.3, 0.4) is 0 Å². The molecule has 1 aromatic rings. The largest absolute Gasteiger partial charge is 0.287 e. The Hall–Kier alpha value is -1.04. The Morgan fingerprint density at radius 2 is 2.20 bits per heavy atom. The molecule has 0 atom stereocenters. The molecule has 0 spiro atoms. The summed E-state index contributed by atoms with van der Waals surface area (Å²) < 4.78 is 0. The third-order valence-electron chi connectivity index (χ3n) is 2.37. The topological polar surface area (TPSA) is 27.0 Å². The summed E-state index contributed by atoms with van der Waals surface area (Å²) in [6.07, 6.45) is 0. The van der Waals surface area contributed by atoms with Crippen molar-refractivity contribution in [2.24, 2.45) is 0 Å². The summed E-state index contributed by atoms with van der Waals surface area (Å²) in [5.41, 5.74) is 2.29. The molecule has 1 rings (SSSR count). The fourth-order valence-electron chi connectivity index (χ4n) is 1.44. The maximum absolute atomic E-state index is 8.63. The number of hydrogen-bond donors (Lipinski definition) is 0. The van der Waals surface area contributed by atoms with Crippen LogP contribution in [0.15, 0.2) is 18.2 Å². The predicted octanol–water partition coefficient (Wildman–Crippen LogP) is 2.99. The number of halogens is 1. The number of nitriles is 1. The molecule has 0 N–H and O–H groups in total. The minimum atomic E-state index is 0.470. The monoisotopic (exact) mass is 222 g/mol. The first-order chi connectivity index (χ1) is 7.17. The number of aryl methyl sites for hydroxylation is 1. The second-order valence-corrected chi connectivity index (χ2v) is 3.95. The van der Waals surface area contributed by atoms with Crippen molar-refractivity contribution in [3.8, 4) is 6.07 Å². The van der Waals surface area contributed by atoms with Gasteiger partial charge in [-0.2, -0.15) is 5.26 Å². The predicted molar refractivity (Wildman–Crippen MR) is 62.8 cm³/mol. The van der Waals surface area contributed by atoms with E-state index in [0.717, 1.165) is 23.7 Å². The zero-order chi connectivity index (χ0) is 11.3. The highest BCUT2D eigenvalue weighted by molar-refractivity contribution is 6.31. The van der Waals surface area contributed by atoms with Gasteiger partial charge in [-0.3, -0.25) is 4.90 Å². The minimum absolute atomic E-state index is 0.470. The normalized spacial score (nSPS) is 10.3. The SMILES string of the molecule is CCN(CC#N)Cc1ccc(Cl)c(C)c1. The van der Waals surface area contributed by atoms with Gasteiger partial charge in [0.1, 0.15) is 0 Å². The molecule has 0 aliphatic heterocycles. The van der Waals surface area contributed by atoms with Crippen LogP contribution in [0.1, 0.15) is 18.1 Å². The van der Waals surface area contributed by atoms with Crippen LogP contribution in [0, 0.1) is 18.3 Å². The highest BCUT2D eigenvalue weighted by atomic mass is 35.5. The van der Waals surface area contributed by atoms with Crippen molar-refractivity contribution in [1.29, 1.82) is 5.26 Å². The van der Waals surface area contributed by atoms with Gasteiger partial charge in [-0.05, 0) is 30.7 Å². The third kappa shape index (κ3) is 3.54. The standard InChI is InChI=1S/C12H15ClN2/c1-3-15(7-6-14)9-11-4-5-12(13)10(2)8-11/h4-5,8H,3,7,9H2,1-2H3. The van der Waals surface area contributed by atoms with E-state index in [1.165, 1.54) is 5.56 Å². The zero-order valence-corrected chi connectivity index (χ0v) is 9.88. The van der Waals surface area contributed by atoms with E-state index in [1.807, 2.05) is 19.1 Å². The molecule has 0 aromatic heterocycles. The molecule has 0 saturated heterocycles. The third-order valence-corrected chi connectivity index (χ3v) is 2.79. The Kier molecular flexibility index (Phi) is 4.61. The van der Waals surface area contributed by atoms with Gasteiger partial charge in [-0.25, -0.2) is 0 Å². The minimum Gasteiger partial charge on any atom is -0.287 e. The molecule has 0 aliphatic rings. The van der Waals surface area contributed by atoms with Gasteiger partial charge in [0.05, 0.1) is 12.6 Å². The molecule has 0 radical (unpaired) electrons. The number of rotatable bonds is 4. The smallest absolute Gasteiger partial charge is 0.0868 e. The molecule has 0 fully saturated rings. The Morgan fingerprint density at radius 1 is 1.47 bits per heavy atom. The summed E-state index contributed by atoms with van der Waals surface area (Å²) in [5, 5.41) is 9.43. The lowest BCUT2D eigenvalue weighted by Crippen LogP contribution is -2.22. The van der Waals surface area contributed by atoms with Crippen molar-refractivity contribution in [2.45, 2.75) is 20.4 Å². The van der Waals surface area contributed by atoms with Crippen LogP contribution in [0.25, 0.3) is 0 Å². The first kappa shape index (κ1) is 12.0. The van der Waals surface area contributed by atoms with Crippen LogP contribution in [0.5, 0.6) is 0 Å². The summed E-state index contributed by atoms with van der Waals surface area (Å²) in [4.78, 5) is 2.09. The van der Waals surface area contributed by atoms with Crippen LogP contribution in [-0.4, -0.2) is 18.0 Å². The fourth-order valence-corrected chi connectivity index (χ4v) is 1.56. The van der Waals surface area contributed by atoms with Crippen molar-refractivity contribution in [3.05, 3.63) is 34.3 Å². The molecule has 1 aromatic carbocycles. The van der Waals surface area contributed by atoms with Gasteiger partial charge in [0, 0.05) is 11.6 Å². The average Bonchev–Trinajstić information content (AvgIpc) is 2.23. The molecule has 0 heterocycles. The first-order valence-electron chi connectivity index (χ1n) is 5.01. The van der Waals surface area contributed by atoms with E-state index < -0.39 is 0 Å². The van der Waals surface area contributed by atoms with E-state index in [9.17, 15) is 0 Å². The average molecular weight is 223 g/mol. The van der Waals surface area contributed by atoms with Crippen molar-refractivity contribution >= 4 is 11.6 Å². The van der Waals surface area contributed by atoms with Crippen molar-refractivity contribution < 1.29 is 0 Å². The summed E-state index contributed by atoms with van der Waals surface area (Å²) >= 11 is 5.95. The Bertz CT molecular complexity index is 368. The van der Waals surface area contributed by atoms with Crippen molar-refractivity contribution in [1.82, 2.24) is 4.90 Å². The Labute approximate surface area is 96.1 Å². The zero-order valence-electron chi connectivity index (χ0n) is 9.13. The molecule has 0 bridgehead atoms. The van der Waals surface area contributed by atoms with Crippen LogP contribution in [-0.2, 0) is 6.54 Å². The second-order valence-electron chi connectivity index (χ2n) is 3.54. The second kappa shape index (κ2) is 5.75. The highest BCUT2D eigenvalue weighted by Gasteiger charge is 2.04. The van der Waals surface area contributed by atoms with Gasteiger partial charge in [0.2, 0.25) is 0 Å². The molecular weight excluding hydrogens is 208 g/mol. The van der Waals surface area contributed by atoms with Gasteiger partial charge < -0.3 is 0 Å². The Balaban J connectivity index is 2.71. The molecule has 0 amide bonds. The molecule has 2 nitrogen and oxygen atoms in total. The maximum atomic E-state index is 8.63. The molecule has 0 unspecified atom stereocenters. The van der Waals surface area contributed by atoms with Crippen LogP contribution in [0.2, 0.25) is 5.02 Å². The van der Waals surface area contributed by atoms with E-state index >= 15 is 0 Å². The lowest BCUT2D eigenvalue weighted by molar-refractivity contribution is 0.315. The highest BCUT2D eigenvalue weighted by Crippen LogP contribution is 2.17. The summed E-state index contributed by atoms with van der Waals surface area (Å²) in [6, 6.07) is 8.16. The maximum Gasteiger partial charge on any atom is 0.0868 e. The van der Waals surface area contributed by atoms with Crippen LogP contribution in [0.4, 0.5) is 0 Å². The summed E-state index contributed by atoms with van der Waals surface area (Å²) in [5.74, 6) is 0. The quantitative estimate of drug-likeness (QED) is 0.733. The van der Waals surface area contributed by atoms with E-state index in [4.69, 9.17) is 16.9 Å². The van der Waals surface area contributed by atoms with E-state index in [1.54, 1.807) is 0 Å². The lowest BCUT2D eigenvalue weighted by Gasteiger charge is -2.16. The first-order valence-corrected chi connectivity index (χ1v) is 5.39. The van der Waals surface area contributed by atoms with Crippen molar-refractivity contribution in [2.75, 3.05) is 13.1 Å². The van der Waals surface area contributed by atoms with Gasteiger partial charge >= 0.3 is 0 Å². The van der Waals surface area contributed by atoms with Gasteiger partial charge in [0.25, 0.3) is 0 Å². The van der Waals surface area contributed by atoms with E-state index in [0.29, 0.717) is 6.54 Å². The number of nitrogens with zero attached hydrogens (tertiary/aromatic N) is 2. The van der Waals surface area contributed by atoms with Crippen molar-refractivity contribution in [3.63, 3.8) is 0 Å². The summed E-state index contributed by atoms with van der Waals surface area (Å²) in [7, 11) is 0. The van der Waals surface area contributed by atoms with Crippen LogP contribution >= 0.6 is 11.6 Å². The molecule has 3 heteroatoms. The van der Waals surface area contributed by atoms with Gasteiger partial charge in [0.15, 0.2) is 0 Å². The molecular formula is C12H15ClN2.